The van der Waals surface area contributed by atoms with E-state index in [0.29, 0.717) is 30.1 Å². The molecule has 2 aromatic rings. The van der Waals surface area contributed by atoms with Crippen LogP contribution < -0.4 is 4.74 Å². The zero-order valence-corrected chi connectivity index (χ0v) is 17.9. The summed E-state index contributed by atoms with van der Waals surface area (Å²) in [6.07, 6.45) is 3.38. The second-order valence-electron chi connectivity index (χ2n) is 7.96. The van der Waals surface area contributed by atoms with Gasteiger partial charge in [0.2, 0.25) is 0 Å². The van der Waals surface area contributed by atoms with Crippen LogP contribution in [0.4, 0.5) is 4.79 Å². The summed E-state index contributed by atoms with van der Waals surface area (Å²) < 4.78 is 15.6. The van der Waals surface area contributed by atoms with E-state index in [1.54, 1.807) is 30.3 Å². The molecule has 3 rings (SSSR count). The van der Waals surface area contributed by atoms with Crippen LogP contribution in [-0.4, -0.2) is 54.9 Å². The molecule has 0 spiro atoms. The zero-order valence-electron chi connectivity index (χ0n) is 17.9. The van der Waals surface area contributed by atoms with E-state index in [1.807, 2.05) is 45.0 Å². The fourth-order valence-electron chi connectivity index (χ4n) is 3.12. The van der Waals surface area contributed by atoms with Crippen LogP contribution in [0, 0.1) is 0 Å². The van der Waals surface area contributed by atoms with Gasteiger partial charge in [-0.3, -0.25) is 4.98 Å². The molecule has 158 valence electrons. The lowest BCUT2D eigenvalue weighted by molar-refractivity contribution is 0.0306. The van der Waals surface area contributed by atoms with Crippen LogP contribution in [0.25, 0.3) is 16.8 Å². The second-order valence-corrected chi connectivity index (χ2v) is 7.96. The van der Waals surface area contributed by atoms with Crippen molar-refractivity contribution in [2.45, 2.75) is 26.4 Å². The number of hydrogen-bond donors (Lipinski definition) is 0. The monoisotopic (exact) mass is 410 g/mol. The normalized spacial score (nSPS) is 13.6. The maximum Gasteiger partial charge on any atom is 0.410 e. The van der Waals surface area contributed by atoms with Gasteiger partial charge in [0, 0.05) is 24.8 Å². The van der Waals surface area contributed by atoms with E-state index in [2.05, 4.69) is 4.98 Å². The molecule has 1 aliphatic heterocycles. The molecule has 1 aliphatic rings. The summed E-state index contributed by atoms with van der Waals surface area (Å²) in [6.45, 7) is 6.50. The van der Waals surface area contributed by atoms with Crippen molar-refractivity contribution in [3.63, 3.8) is 0 Å². The first-order chi connectivity index (χ1) is 14.2. The number of rotatable bonds is 4. The first kappa shape index (κ1) is 21.4. The van der Waals surface area contributed by atoms with E-state index in [4.69, 9.17) is 14.2 Å². The van der Waals surface area contributed by atoms with E-state index in [0.717, 1.165) is 16.7 Å². The summed E-state index contributed by atoms with van der Waals surface area (Å²) in [6, 6.07) is 8.98. The Morgan fingerprint density at radius 2 is 1.83 bits per heavy atom. The molecule has 2 heterocycles. The molecule has 0 radical (unpaired) electrons. The number of aromatic nitrogens is 1. The molecule has 1 aromatic carbocycles. The van der Waals surface area contributed by atoms with Gasteiger partial charge >= 0.3 is 12.1 Å². The van der Waals surface area contributed by atoms with E-state index in [1.165, 1.54) is 7.11 Å². The average molecular weight is 410 g/mol. The minimum absolute atomic E-state index is 0.335. The molecule has 1 amide bonds. The summed E-state index contributed by atoms with van der Waals surface area (Å²) in [7, 11) is 2.88. The lowest BCUT2D eigenvalue weighted by Gasteiger charge is -2.24. The Hall–Kier alpha value is -3.35. The van der Waals surface area contributed by atoms with Crippen LogP contribution >= 0.6 is 0 Å². The van der Waals surface area contributed by atoms with Gasteiger partial charge in [-0.1, -0.05) is 6.08 Å². The Morgan fingerprint density at radius 3 is 2.50 bits per heavy atom. The average Bonchev–Trinajstić information content (AvgIpc) is 3.22. The lowest BCUT2D eigenvalue weighted by Crippen LogP contribution is -2.35. The van der Waals surface area contributed by atoms with E-state index in [9.17, 15) is 9.59 Å². The summed E-state index contributed by atoms with van der Waals surface area (Å²) in [5.74, 6) is 0.0918. The highest BCUT2D eigenvalue weighted by atomic mass is 16.6. The minimum Gasteiger partial charge on any atom is -0.497 e. The number of pyridine rings is 1. The minimum atomic E-state index is -0.534. The Balaban J connectivity index is 1.84. The number of carbonyl (C=O) groups is 2. The standard InChI is InChI=1S/C23H26N2O5/c1-23(2,3)30-22(27)25-9-7-16(14-25)15-6-8-24-20(13-15)17-10-18(21(26)29-5)12-19(11-17)28-4/h6-8,10-13H,9,14H2,1-5H3. The molecule has 0 N–H and O–H groups in total. The van der Waals surface area contributed by atoms with Crippen molar-refractivity contribution < 1.29 is 23.8 Å². The molecule has 0 saturated carbocycles. The molecule has 1 aromatic heterocycles. The highest BCUT2D eigenvalue weighted by molar-refractivity contribution is 5.91. The van der Waals surface area contributed by atoms with Crippen molar-refractivity contribution in [2.75, 3.05) is 27.3 Å². The fourth-order valence-corrected chi connectivity index (χ4v) is 3.12. The van der Waals surface area contributed by atoms with Crippen molar-refractivity contribution in [1.29, 1.82) is 0 Å². The van der Waals surface area contributed by atoms with Gasteiger partial charge in [0.05, 0.1) is 25.5 Å². The summed E-state index contributed by atoms with van der Waals surface area (Å²) in [4.78, 5) is 30.4. The quantitative estimate of drug-likeness (QED) is 0.704. The Labute approximate surface area is 176 Å². The van der Waals surface area contributed by atoms with E-state index in [-0.39, 0.29) is 6.09 Å². The molecule has 7 heteroatoms. The molecular formula is C23H26N2O5. The van der Waals surface area contributed by atoms with Gasteiger partial charge in [-0.2, -0.15) is 0 Å². The third-order valence-electron chi connectivity index (χ3n) is 4.56. The molecule has 7 nitrogen and oxygen atoms in total. The van der Waals surface area contributed by atoms with Gasteiger partial charge in [0.15, 0.2) is 0 Å². The number of esters is 1. The Morgan fingerprint density at radius 1 is 1.07 bits per heavy atom. The van der Waals surface area contributed by atoms with Crippen molar-refractivity contribution in [3.05, 3.63) is 53.7 Å². The molecule has 0 fully saturated rings. The predicted octanol–water partition coefficient (Wildman–Crippen LogP) is 4.18. The Bertz CT molecular complexity index is 991. The van der Waals surface area contributed by atoms with Gasteiger partial charge in [-0.05, 0) is 62.2 Å². The number of hydrogen-bond acceptors (Lipinski definition) is 6. The van der Waals surface area contributed by atoms with Crippen LogP contribution in [0.5, 0.6) is 5.75 Å². The van der Waals surface area contributed by atoms with Crippen LogP contribution in [0.15, 0.2) is 42.6 Å². The van der Waals surface area contributed by atoms with E-state index < -0.39 is 11.6 Å². The Kier molecular flexibility index (Phi) is 6.10. The highest BCUT2D eigenvalue weighted by Crippen LogP contribution is 2.29. The third kappa shape index (κ3) is 4.97. The first-order valence-electron chi connectivity index (χ1n) is 9.61. The van der Waals surface area contributed by atoms with Crippen molar-refractivity contribution in [3.8, 4) is 17.0 Å². The number of benzene rings is 1. The summed E-state index contributed by atoms with van der Waals surface area (Å²) in [5, 5.41) is 0. The molecular weight excluding hydrogens is 384 g/mol. The van der Waals surface area contributed by atoms with Crippen LogP contribution in [0.1, 0.15) is 36.7 Å². The molecule has 0 saturated heterocycles. The van der Waals surface area contributed by atoms with Crippen LogP contribution in [0.2, 0.25) is 0 Å². The van der Waals surface area contributed by atoms with Crippen LogP contribution in [-0.2, 0) is 9.47 Å². The predicted molar refractivity (Wildman–Crippen MR) is 113 cm³/mol. The number of methoxy groups -OCH3 is 2. The van der Waals surface area contributed by atoms with Gasteiger partial charge in [-0.15, -0.1) is 0 Å². The number of nitrogens with zero attached hydrogens (tertiary/aromatic N) is 2. The van der Waals surface area contributed by atoms with E-state index >= 15 is 0 Å². The smallest absolute Gasteiger partial charge is 0.410 e. The third-order valence-corrected chi connectivity index (χ3v) is 4.56. The van der Waals surface area contributed by atoms with Crippen molar-refractivity contribution in [1.82, 2.24) is 9.88 Å². The number of carbonyl (C=O) groups excluding carboxylic acids is 2. The highest BCUT2D eigenvalue weighted by Gasteiger charge is 2.26. The lowest BCUT2D eigenvalue weighted by atomic mass is 10.0. The largest absolute Gasteiger partial charge is 0.497 e. The molecule has 0 unspecified atom stereocenters. The maximum absolute atomic E-state index is 12.3. The maximum atomic E-state index is 12.3. The van der Waals surface area contributed by atoms with Gasteiger partial charge < -0.3 is 19.1 Å². The topological polar surface area (TPSA) is 78.0 Å². The van der Waals surface area contributed by atoms with Gasteiger partial charge in [-0.25, -0.2) is 9.59 Å². The molecule has 0 aliphatic carbocycles. The SMILES string of the molecule is COC(=O)c1cc(OC)cc(-c2cc(C3=CCN(C(=O)OC(C)(C)C)C3)ccn2)c1. The number of amides is 1. The number of ether oxygens (including phenoxy) is 3. The van der Waals surface area contributed by atoms with Gasteiger partial charge in [0.1, 0.15) is 11.4 Å². The van der Waals surface area contributed by atoms with Crippen molar-refractivity contribution >= 4 is 17.6 Å². The zero-order chi connectivity index (χ0) is 21.9. The fraction of sp³-hybridized carbons (Fsp3) is 0.348. The van der Waals surface area contributed by atoms with Gasteiger partial charge in [0.25, 0.3) is 0 Å². The second kappa shape index (κ2) is 8.57. The van der Waals surface area contributed by atoms with Crippen molar-refractivity contribution in [2.24, 2.45) is 0 Å². The van der Waals surface area contributed by atoms with Crippen LogP contribution in [0.3, 0.4) is 0 Å². The summed E-state index contributed by atoms with van der Waals surface area (Å²) in [5.41, 5.74) is 3.24. The molecule has 0 atom stereocenters. The first-order valence-corrected chi connectivity index (χ1v) is 9.61. The molecule has 0 bridgehead atoms. The molecule has 30 heavy (non-hydrogen) atoms. The summed E-state index contributed by atoms with van der Waals surface area (Å²) >= 11 is 0.